The van der Waals surface area contributed by atoms with Crippen LogP contribution in [0.1, 0.15) is 16.7 Å². The molecule has 0 amide bonds. The van der Waals surface area contributed by atoms with E-state index in [1.807, 2.05) is 54.6 Å². The summed E-state index contributed by atoms with van der Waals surface area (Å²) in [5.74, 6) is 0. The number of benzene rings is 6. The van der Waals surface area contributed by atoms with E-state index < -0.39 is 23.5 Å². The highest BCUT2D eigenvalue weighted by atomic mass is 19.4. The Bertz CT molecular complexity index is 2980. The molecule has 3 heterocycles. The number of aromatic nitrogens is 3. The molecular weight excluding hydrogens is 699 g/mol. The first-order valence-electron chi connectivity index (χ1n) is 16.8. The molecule has 0 unspecified atom stereocenters. The van der Waals surface area contributed by atoms with E-state index in [0.717, 1.165) is 29.8 Å². The van der Waals surface area contributed by atoms with Crippen molar-refractivity contribution in [3.05, 3.63) is 162 Å². The van der Waals surface area contributed by atoms with Crippen molar-refractivity contribution in [2.75, 3.05) is 0 Å². The monoisotopic (exact) mass is 722 g/mol. The van der Waals surface area contributed by atoms with Crippen LogP contribution in [-0.2, 0) is 12.4 Å². The Morgan fingerprint density at radius 2 is 0.963 bits per heavy atom. The molecule has 0 atom stereocenters. The first-order chi connectivity index (χ1) is 26.0. The average molecular weight is 723 g/mol. The van der Waals surface area contributed by atoms with E-state index >= 15 is 0 Å². The maximum atomic E-state index is 14.2. The second-order valence-corrected chi connectivity index (χ2v) is 12.9. The Morgan fingerprint density at radius 3 is 1.52 bits per heavy atom. The third kappa shape index (κ3) is 5.27. The predicted molar refractivity (Wildman–Crippen MR) is 199 cm³/mol. The number of halogens is 6. The summed E-state index contributed by atoms with van der Waals surface area (Å²) in [4.78, 5) is 5.02. The number of hydrogen-bond acceptors (Lipinski definition) is 2. The average Bonchev–Trinajstić information content (AvgIpc) is 3.69. The van der Waals surface area contributed by atoms with Gasteiger partial charge in [0, 0.05) is 32.7 Å². The van der Waals surface area contributed by atoms with Gasteiger partial charge in [-0.05, 0) is 60.7 Å². The van der Waals surface area contributed by atoms with Gasteiger partial charge in [0.2, 0.25) is 0 Å². The fourth-order valence-electron chi connectivity index (χ4n) is 7.41. The zero-order valence-electron chi connectivity index (χ0n) is 27.9. The zero-order valence-corrected chi connectivity index (χ0v) is 27.9. The van der Waals surface area contributed by atoms with Crippen LogP contribution in [0, 0.1) is 11.3 Å². The van der Waals surface area contributed by atoms with E-state index in [-0.39, 0.29) is 22.3 Å². The highest BCUT2D eigenvalue weighted by Crippen LogP contribution is 2.43. The Morgan fingerprint density at radius 1 is 0.463 bits per heavy atom. The summed E-state index contributed by atoms with van der Waals surface area (Å²) in [7, 11) is 0. The first-order valence-corrected chi connectivity index (χ1v) is 16.8. The van der Waals surface area contributed by atoms with Crippen LogP contribution in [-0.4, -0.2) is 14.1 Å². The van der Waals surface area contributed by atoms with Crippen molar-refractivity contribution in [1.29, 1.82) is 5.26 Å². The van der Waals surface area contributed by atoms with Gasteiger partial charge >= 0.3 is 12.4 Å². The molecule has 0 aliphatic carbocycles. The molecule has 0 aliphatic heterocycles. The molecule has 54 heavy (non-hydrogen) atoms. The SMILES string of the molecule is N#Cc1cc(-n2c3ccccc3c3ccc(C(F)(F)F)cc32)c(-c2cccc(-c3ccccc3)n2)cc1-n1c2ccccc2c2ccc(C(F)(F)F)cc21. The topological polar surface area (TPSA) is 46.5 Å². The molecule has 6 aromatic carbocycles. The number of pyridine rings is 1. The molecule has 0 saturated carbocycles. The van der Waals surface area contributed by atoms with E-state index in [2.05, 4.69) is 6.07 Å². The van der Waals surface area contributed by atoms with Crippen molar-refractivity contribution in [3.8, 4) is 40.0 Å². The summed E-state index contributed by atoms with van der Waals surface area (Å²) in [5, 5.41) is 13.3. The second kappa shape index (κ2) is 12.1. The minimum absolute atomic E-state index is 0.0888. The van der Waals surface area contributed by atoms with Crippen LogP contribution < -0.4 is 0 Å². The molecule has 4 nitrogen and oxygen atoms in total. The summed E-state index contributed by atoms with van der Waals surface area (Å²) in [5.41, 5.74) is 3.04. The first kappa shape index (κ1) is 33.0. The summed E-state index contributed by atoms with van der Waals surface area (Å²) in [6.45, 7) is 0. The van der Waals surface area contributed by atoms with Crippen molar-refractivity contribution in [2.24, 2.45) is 0 Å². The van der Waals surface area contributed by atoms with Gasteiger partial charge in [-0.15, -0.1) is 0 Å². The van der Waals surface area contributed by atoms with Crippen LogP contribution in [0.25, 0.3) is 77.5 Å². The third-order valence-corrected chi connectivity index (χ3v) is 9.81. The predicted octanol–water partition coefficient (Wildman–Crippen LogP) is 12.5. The third-order valence-electron chi connectivity index (χ3n) is 9.81. The fourth-order valence-corrected chi connectivity index (χ4v) is 7.41. The highest BCUT2D eigenvalue weighted by Gasteiger charge is 2.33. The van der Waals surface area contributed by atoms with Gasteiger partial charge in [-0.2, -0.15) is 31.6 Å². The Kier molecular flexibility index (Phi) is 7.40. The molecule has 0 spiro atoms. The molecule has 262 valence electrons. The number of nitriles is 1. The molecule has 0 radical (unpaired) electrons. The summed E-state index contributed by atoms with van der Waals surface area (Å²) in [6.07, 6.45) is -9.26. The molecule has 0 N–H and O–H groups in total. The quantitative estimate of drug-likeness (QED) is 0.170. The maximum Gasteiger partial charge on any atom is 0.416 e. The van der Waals surface area contributed by atoms with Crippen LogP contribution in [0.4, 0.5) is 26.3 Å². The van der Waals surface area contributed by atoms with E-state index in [1.165, 1.54) is 12.1 Å². The number of nitrogens with zero attached hydrogens (tertiary/aromatic N) is 4. The van der Waals surface area contributed by atoms with Crippen molar-refractivity contribution in [2.45, 2.75) is 12.4 Å². The minimum Gasteiger partial charge on any atom is -0.308 e. The van der Waals surface area contributed by atoms with Crippen molar-refractivity contribution >= 4 is 43.6 Å². The van der Waals surface area contributed by atoms with Gasteiger partial charge in [0.25, 0.3) is 0 Å². The number of hydrogen-bond donors (Lipinski definition) is 0. The zero-order chi connectivity index (χ0) is 37.4. The number of rotatable bonds is 4. The molecule has 3 aromatic heterocycles. The lowest BCUT2D eigenvalue weighted by Crippen LogP contribution is -2.07. The lowest BCUT2D eigenvalue weighted by atomic mass is 10.0. The normalized spacial score (nSPS) is 12.2. The van der Waals surface area contributed by atoms with E-state index in [9.17, 15) is 31.6 Å². The number of para-hydroxylation sites is 2. The minimum atomic E-state index is -4.63. The molecular formula is C44H24F6N4. The van der Waals surface area contributed by atoms with Crippen molar-refractivity contribution in [1.82, 2.24) is 14.1 Å². The smallest absolute Gasteiger partial charge is 0.308 e. The van der Waals surface area contributed by atoms with Gasteiger partial charge < -0.3 is 9.13 Å². The van der Waals surface area contributed by atoms with Crippen LogP contribution in [0.2, 0.25) is 0 Å². The van der Waals surface area contributed by atoms with Gasteiger partial charge in [-0.3, -0.25) is 0 Å². The van der Waals surface area contributed by atoms with Gasteiger partial charge in [-0.25, -0.2) is 4.98 Å². The largest absolute Gasteiger partial charge is 0.416 e. The molecule has 0 bridgehead atoms. The standard InChI is InChI=1S/C44H24F6N4/c45-43(46,47)28-17-19-32-30-11-4-6-15-37(30)53(41(32)22-28)39-24-34(36-14-8-13-35(52-36)26-9-2-1-3-10-26)40(21-27(39)25-51)54-38-16-7-5-12-31(38)33-20-18-29(23-42(33)54)44(48,49)50/h1-24H. The Labute approximate surface area is 303 Å². The summed E-state index contributed by atoms with van der Waals surface area (Å²) < 4.78 is 88.4. The van der Waals surface area contributed by atoms with Crippen LogP contribution in [0.15, 0.2) is 146 Å². The second-order valence-electron chi connectivity index (χ2n) is 12.9. The molecule has 9 rings (SSSR count). The maximum absolute atomic E-state index is 14.2. The van der Waals surface area contributed by atoms with Crippen LogP contribution in [0.3, 0.4) is 0 Å². The molecule has 0 saturated heterocycles. The molecule has 0 aliphatic rings. The summed E-state index contributed by atoms with van der Waals surface area (Å²) in [6, 6.07) is 41.9. The van der Waals surface area contributed by atoms with Gasteiger partial charge in [0.1, 0.15) is 6.07 Å². The van der Waals surface area contributed by atoms with Crippen LogP contribution >= 0.6 is 0 Å². The molecule has 0 fully saturated rings. The lowest BCUT2D eigenvalue weighted by molar-refractivity contribution is -0.138. The van der Waals surface area contributed by atoms with Gasteiger partial charge in [-0.1, -0.05) is 84.9 Å². The molecule has 10 heteroatoms. The van der Waals surface area contributed by atoms with Crippen LogP contribution in [0.5, 0.6) is 0 Å². The van der Waals surface area contributed by atoms with E-state index in [4.69, 9.17) is 4.98 Å². The van der Waals surface area contributed by atoms with Gasteiger partial charge in [0.05, 0.1) is 61.5 Å². The lowest BCUT2D eigenvalue weighted by Gasteiger charge is -2.19. The van der Waals surface area contributed by atoms with E-state index in [1.54, 1.807) is 63.7 Å². The van der Waals surface area contributed by atoms with Crippen molar-refractivity contribution < 1.29 is 26.3 Å². The van der Waals surface area contributed by atoms with Gasteiger partial charge in [0.15, 0.2) is 0 Å². The highest BCUT2D eigenvalue weighted by molar-refractivity contribution is 6.11. The van der Waals surface area contributed by atoms with Crippen molar-refractivity contribution in [3.63, 3.8) is 0 Å². The Balaban J connectivity index is 1.43. The number of alkyl halides is 6. The Hall–Kier alpha value is -6.86. The molecule has 9 aromatic rings. The fraction of sp³-hybridized carbons (Fsp3) is 0.0455. The summed E-state index contributed by atoms with van der Waals surface area (Å²) >= 11 is 0. The number of fused-ring (bicyclic) bond motifs is 6. The van der Waals surface area contributed by atoms with E-state index in [0.29, 0.717) is 55.2 Å².